The molecule has 4 nitrogen and oxygen atoms in total. The first-order chi connectivity index (χ1) is 8.52. The van der Waals surface area contributed by atoms with Crippen LogP contribution in [0.1, 0.15) is 40.0 Å². The zero-order chi connectivity index (χ0) is 13.2. The maximum atomic E-state index is 10.1. The van der Waals surface area contributed by atoms with Crippen LogP contribution in [0.3, 0.4) is 0 Å². The average molecular weight is 250 g/mol. The summed E-state index contributed by atoms with van der Waals surface area (Å²) >= 11 is 0. The van der Waals surface area contributed by atoms with E-state index in [2.05, 4.69) is 31.1 Å². The lowest BCUT2D eigenvalue weighted by molar-refractivity contribution is 0.0125. The molecule has 0 bridgehead atoms. The molecule has 0 saturated heterocycles. The molecule has 0 aliphatic carbocycles. The maximum Gasteiger partial charge on any atom is 0.237 e. The predicted molar refractivity (Wildman–Crippen MR) is 71.6 cm³/mol. The largest absolute Gasteiger partial charge is 0.468 e. The molecular formula is C14H22N2O2. The second-order valence-corrected chi connectivity index (χ2v) is 5.72. The smallest absolute Gasteiger partial charge is 0.237 e. The van der Waals surface area contributed by atoms with Crippen LogP contribution in [0.25, 0.3) is 0 Å². The van der Waals surface area contributed by atoms with Gasteiger partial charge >= 0.3 is 0 Å². The third-order valence-electron chi connectivity index (χ3n) is 3.37. The van der Waals surface area contributed by atoms with E-state index in [1.807, 2.05) is 12.1 Å². The molecule has 4 heteroatoms. The number of nitrogens with zero attached hydrogens (tertiary/aromatic N) is 1. The molecule has 1 aliphatic rings. The molecule has 2 heterocycles. The van der Waals surface area contributed by atoms with Crippen molar-refractivity contribution in [3.8, 4) is 5.88 Å². The van der Waals surface area contributed by atoms with Gasteiger partial charge in [0.2, 0.25) is 5.88 Å². The standard InChI is InChI=1S/C14H22N2O2/c1-4-7-14(2,3)9-11-12(17)16-10-6-5-8-15-13(10)18-11/h5-6,8,11-12,16-17H,4,7,9H2,1-3H3. The minimum Gasteiger partial charge on any atom is -0.468 e. The first kappa shape index (κ1) is 13.1. The summed E-state index contributed by atoms with van der Waals surface area (Å²) in [6.45, 7) is 6.59. The number of aliphatic hydroxyl groups excluding tert-OH is 1. The van der Waals surface area contributed by atoms with Gasteiger partial charge in [-0.3, -0.25) is 0 Å². The van der Waals surface area contributed by atoms with Crippen molar-refractivity contribution >= 4 is 5.69 Å². The highest BCUT2D eigenvalue weighted by atomic mass is 16.5. The lowest BCUT2D eigenvalue weighted by Gasteiger charge is -2.36. The number of pyridine rings is 1. The van der Waals surface area contributed by atoms with Crippen LogP contribution < -0.4 is 10.1 Å². The van der Waals surface area contributed by atoms with Gasteiger partial charge in [-0.2, -0.15) is 0 Å². The van der Waals surface area contributed by atoms with E-state index in [-0.39, 0.29) is 11.5 Å². The van der Waals surface area contributed by atoms with Crippen LogP contribution in [0, 0.1) is 5.41 Å². The van der Waals surface area contributed by atoms with Gasteiger partial charge in [-0.05, 0) is 30.4 Å². The van der Waals surface area contributed by atoms with E-state index in [0.717, 1.165) is 24.9 Å². The molecule has 0 spiro atoms. The molecule has 0 radical (unpaired) electrons. The number of hydrogen-bond donors (Lipinski definition) is 2. The van der Waals surface area contributed by atoms with Crippen LogP contribution in [0.2, 0.25) is 0 Å². The van der Waals surface area contributed by atoms with E-state index in [4.69, 9.17) is 4.74 Å². The Balaban J connectivity index is 2.08. The van der Waals surface area contributed by atoms with Gasteiger partial charge < -0.3 is 15.2 Å². The summed E-state index contributed by atoms with van der Waals surface area (Å²) < 4.78 is 5.80. The SMILES string of the molecule is CCCC(C)(C)CC1Oc2ncccc2NC1O. The van der Waals surface area contributed by atoms with Crippen molar-refractivity contribution in [1.82, 2.24) is 4.98 Å². The first-order valence-corrected chi connectivity index (χ1v) is 6.58. The Morgan fingerprint density at radius 2 is 2.28 bits per heavy atom. The van der Waals surface area contributed by atoms with E-state index < -0.39 is 6.23 Å². The highest BCUT2D eigenvalue weighted by Crippen LogP contribution is 2.35. The molecule has 18 heavy (non-hydrogen) atoms. The third-order valence-corrected chi connectivity index (χ3v) is 3.37. The van der Waals surface area contributed by atoms with Crippen molar-refractivity contribution in [3.05, 3.63) is 18.3 Å². The van der Waals surface area contributed by atoms with E-state index in [1.54, 1.807) is 6.20 Å². The van der Waals surface area contributed by atoms with Gasteiger partial charge in [0, 0.05) is 6.20 Å². The minimum atomic E-state index is -0.669. The Hall–Kier alpha value is -1.29. The lowest BCUT2D eigenvalue weighted by atomic mass is 9.82. The second-order valence-electron chi connectivity index (χ2n) is 5.72. The highest BCUT2D eigenvalue weighted by Gasteiger charge is 2.33. The van der Waals surface area contributed by atoms with Crippen LogP contribution in [-0.2, 0) is 0 Å². The van der Waals surface area contributed by atoms with E-state index >= 15 is 0 Å². The summed E-state index contributed by atoms with van der Waals surface area (Å²) in [6.07, 6.45) is 3.86. The summed E-state index contributed by atoms with van der Waals surface area (Å²) in [5.41, 5.74) is 0.920. The number of hydrogen-bond acceptors (Lipinski definition) is 4. The second kappa shape index (κ2) is 5.14. The zero-order valence-corrected chi connectivity index (χ0v) is 11.3. The Morgan fingerprint density at radius 3 is 3.00 bits per heavy atom. The van der Waals surface area contributed by atoms with E-state index in [0.29, 0.717) is 5.88 Å². The summed E-state index contributed by atoms with van der Waals surface area (Å²) in [4.78, 5) is 4.18. The molecule has 0 saturated carbocycles. The van der Waals surface area contributed by atoms with Crippen LogP contribution >= 0.6 is 0 Å². The maximum absolute atomic E-state index is 10.1. The van der Waals surface area contributed by atoms with Crippen molar-refractivity contribution in [2.45, 2.75) is 52.4 Å². The molecule has 100 valence electrons. The third kappa shape index (κ3) is 2.93. The zero-order valence-electron chi connectivity index (χ0n) is 11.3. The summed E-state index contributed by atoms with van der Waals surface area (Å²) in [7, 11) is 0. The van der Waals surface area contributed by atoms with Crippen molar-refractivity contribution < 1.29 is 9.84 Å². The van der Waals surface area contributed by atoms with E-state index in [1.165, 1.54) is 0 Å². The van der Waals surface area contributed by atoms with Crippen molar-refractivity contribution in [1.29, 1.82) is 0 Å². The molecule has 2 rings (SSSR count). The molecule has 0 aromatic carbocycles. The monoisotopic (exact) mass is 250 g/mol. The molecular weight excluding hydrogens is 228 g/mol. The normalized spacial score (nSPS) is 22.9. The number of ether oxygens (including phenoxy) is 1. The van der Waals surface area contributed by atoms with Crippen LogP contribution in [0.4, 0.5) is 5.69 Å². The van der Waals surface area contributed by atoms with Crippen molar-refractivity contribution in [3.63, 3.8) is 0 Å². The highest BCUT2D eigenvalue weighted by molar-refractivity contribution is 5.54. The van der Waals surface area contributed by atoms with Gasteiger partial charge in [0.25, 0.3) is 0 Å². The predicted octanol–water partition coefficient (Wildman–Crippen LogP) is 2.79. The fourth-order valence-electron chi connectivity index (χ4n) is 2.53. The molecule has 0 amide bonds. The first-order valence-electron chi connectivity index (χ1n) is 6.58. The molecule has 0 fully saturated rings. The summed E-state index contributed by atoms with van der Waals surface area (Å²) in [5, 5.41) is 13.1. The number of rotatable bonds is 4. The molecule has 1 aromatic heterocycles. The molecule has 2 atom stereocenters. The topological polar surface area (TPSA) is 54.4 Å². The minimum absolute atomic E-state index is 0.161. The Labute approximate surface area is 108 Å². The number of anilines is 1. The number of aliphatic hydroxyl groups is 1. The Kier molecular flexibility index (Phi) is 3.76. The molecule has 1 aromatic rings. The van der Waals surface area contributed by atoms with Crippen LogP contribution in [0.5, 0.6) is 5.88 Å². The molecule has 2 N–H and O–H groups in total. The Morgan fingerprint density at radius 1 is 1.50 bits per heavy atom. The average Bonchev–Trinajstić information content (AvgIpc) is 2.29. The van der Waals surface area contributed by atoms with Crippen LogP contribution in [-0.4, -0.2) is 22.4 Å². The van der Waals surface area contributed by atoms with Crippen LogP contribution in [0.15, 0.2) is 18.3 Å². The van der Waals surface area contributed by atoms with E-state index in [9.17, 15) is 5.11 Å². The fourth-order valence-corrected chi connectivity index (χ4v) is 2.53. The lowest BCUT2D eigenvalue weighted by Crippen LogP contribution is -2.44. The quantitative estimate of drug-likeness (QED) is 0.862. The Bertz CT molecular complexity index is 407. The van der Waals surface area contributed by atoms with Crippen molar-refractivity contribution in [2.75, 3.05) is 5.32 Å². The van der Waals surface area contributed by atoms with Gasteiger partial charge in [0.15, 0.2) is 6.23 Å². The van der Waals surface area contributed by atoms with Gasteiger partial charge in [0.05, 0.1) is 5.69 Å². The number of aromatic nitrogens is 1. The van der Waals surface area contributed by atoms with Gasteiger partial charge in [-0.25, -0.2) is 4.98 Å². The van der Waals surface area contributed by atoms with Gasteiger partial charge in [-0.1, -0.05) is 27.2 Å². The van der Waals surface area contributed by atoms with Gasteiger partial charge in [-0.15, -0.1) is 0 Å². The van der Waals surface area contributed by atoms with Crippen molar-refractivity contribution in [2.24, 2.45) is 5.41 Å². The molecule has 2 unspecified atom stereocenters. The van der Waals surface area contributed by atoms with Gasteiger partial charge in [0.1, 0.15) is 6.10 Å². The summed E-state index contributed by atoms with van der Waals surface area (Å²) in [5.74, 6) is 0.583. The number of fused-ring (bicyclic) bond motifs is 1. The molecule has 1 aliphatic heterocycles. The number of nitrogens with one attached hydrogen (secondary N) is 1. The summed E-state index contributed by atoms with van der Waals surface area (Å²) in [6, 6.07) is 3.68. The fraction of sp³-hybridized carbons (Fsp3) is 0.643.